The molecule has 7 nitrogen and oxygen atoms in total. The minimum absolute atomic E-state index is 0.166. The Hall–Kier alpha value is -1.47. The van der Waals surface area contributed by atoms with Gasteiger partial charge < -0.3 is 14.5 Å². The Balaban J connectivity index is 1.35. The summed E-state index contributed by atoms with van der Waals surface area (Å²) in [7, 11) is 1.94. The smallest absolute Gasteiger partial charge is 0.226 e. The SMILES string of the molecule is CC1CC(C(=O)N2Cc3nnn(C)c3[C@@H](COCCN3CCCC3)C2)C1. The fourth-order valence-corrected chi connectivity index (χ4v) is 4.70. The first-order valence-electron chi connectivity index (χ1n) is 10.1. The highest BCUT2D eigenvalue weighted by atomic mass is 16.5. The molecular formula is C19H31N5O2. The van der Waals surface area contributed by atoms with E-state index in [2.05, 4.69) is 22.1 Å². The first-order valence-corrected chi connectivity index (χ1v) is 10.1. The Bertz CT molecular complexity index is 634. The topological polar surface area (TPSA) is 63.5 Å². The molecule has 0 N–H and O–H groups in total. The van der Waals surface area contributed by atoms with E-state index in [1.54, 1.807) is 0 Å². The highest BCUT2D eigenvalue weighted by Crippen LogP contribution is 2.36. The van der Waals surface area contributed by atoms with Gasteiger partial charge in [-0.2, -0.15) is 0 Å². The lowest BCUT2D eigenvalue weighted by Gasteiger charge is -2.39. The van der Waals surface area contributed by atoms with Crippen molar-refractivity contribution in [1.82, 2.24) is 24.8 Å². The second kappa shape index (κ2) is 7.64. The molecule has 1 saturated heterocycles. The summed E-state index contributed by atoms with van der Waals surface area (Å²) in [4.78, 5) is 17.3. The van der Waals surface area contributed by atoms with Gasteiger partial charge in [-0.25, -0.2) is 0 Å². The lowest BCUT2D eigenvalue weighted by Crippen LogP contribution is -2.45. The van der Waals surface area contributed by atoms with Crippen LogP contribution in [0.4, 0.5) is 0 Å². The van der Waals surface area contributed by atoms with Gasteiger partial charge >= 0.3 is 0 Å². The van der Waals surface area contributed by atoms with Gasteiger partial charge in [0.15, 0.2) is 0 Å². The third-order valence-corrected chi connectivity index (χ3v) is 6.22. The number of rotatable bonds is 6. The number of likely N-dealkylation sites (tertiary alicyclic amines) is 1. The highest BCUT2D eigenvalue weighted by molar-refractivity contribution is 5.80. The predicted octanol–water partition coefficient (Wildman–Crippen LogP) is 1.40. The highest BCUT2D eigenvalue weighted by Gasteiger charge is 2.38. The molecule has 0 aromatic carbocycles. The van der Waals surface area contributed by atoms with Crippen molar-refractivity contribution in [3.63, 3.8) is 0 Å². The molecule has 3 heterocycles. The number of hydrogen-bond acceptors (Lipinski definition) is 5. The van der Waals surface area contributed by atoms with Crippen molar-refractivity contribution in [3.8, 4) is 0 Å². The van der Waals surface area contributed by atoms with E-state index in [1.807, 2.05) is 16.6 Å². The van der Waals surface area contributed by atoms with E-state index in [0.717, 1.165) is 43.9 Å². The monoisotopic (exact) mass is 361 g/mol. The number of carbonyl (C=O) groups is 1. The zero-order chi connectivity index (χ0) is 18.1. The Morgan fingerprint density at radius 1 is 1.27 bits per heavy atom. The summed E-state index contributed by atoms with van der Waals surface area (Å²) in [6.45, 7) is 8.33. The van der Waals surface area contributed by atoms with E-state index < -0.39 is 0 Å². The molecule has 144 valence electrons. The number of fused-ring (bicyclic) bond motifs is 1. The molecule has 4 rings (SSSR count). The number of amides is 1. The maximum atomic E-state index is 12.8. The molecule has 1 aromatic rings. The normalized spacial score (nSPS) is 28.8. The molecule has 2 fully saturated rings. The van der Waals surface area contributed by atoms with Gasteiger partial charge in [0.2, 0.25) is 5.91 Å². The lowest BCUT2D eigenvalue weighted by molar-refractivity contribution is -0.141. The van der Waals surface area contributed by atoms with Gasteiger partial charge in [-0.05, 0) is 44.7 Å². The van der Waals surface area contributed by atoms with Crippen LogP contribution >= 0.6 is 0 Å². The van der Waals surface area contributed by atoms with E-state index in [4.69, 9.17) is 4.74 Å². The van der Waals surface area contributed by atoms with Gasteiger partial charge in [-0.15, -0.1) is 5.10 Å². The third kappa shape index (κ3) is 3.64. The average Bonchev–Trinajstić information content (AvgIpc) is 3.25. The van der Waals surface area contributed by atoms with Crippen LogP contribution in [-0.4, -0.2) is 70.1 Å². The van der Waals surface area contributed by atoms with Crippen molar-refractivity contribution < 1.29 is 9.53 Å². The number of ether oxygens (including phenoxy) is 1. The molecule has 7 heteroatoms. The second-order valence-corrected chi connectivity index (χ2v) is 8.36. The Morgan fingerprint density at radius 2 is 2.04 bits per heavy atom. The fraction of sp³-hybridized carbons (Fsp3) is 0.842. The lowest BCUT2D eigenvalue weighted by atomic mass is 9.75. The molecule has 2 aliphatic heterocycles. The van der Waals surface area contributed by atoms with Gasteiger partial charge in [-0.3, -0.25) is 9.48 Å². The standard InChI is InChI=1S/C19H31N5O2/c1-14-9-15(10-14)19(25)24-11-16(18-17(12-24)20-21-22(18)2)13-26-8-7-23-5-3-4-6-23/h14-16H,3-13H2,1-2H3/t14?,15?,16-/m1/s1. The summed E-state index contributed by atoms with van der Waals surface area (Å²) in [5.41, 5.74) is 2.07. The molecule has 1 aliphatic carbocycles. The van der Waals surface area contributed by atoms with E-state index >= 15 is 0 Å². The van der Waals surface area contributed by atoms with Crippen LogP contribution in [0.5, 0.6) is 0 Å². The van der Waals surface area contributed by atoms with Crippen LogP contribution in [0, 0.1) is 11.8 Å². The molecule has 1 aromatic heterocycles. The molecular weight excluding hydrogens is 330 g/mol. The van der Waals surface area contributed by atoms with Gasteiger partial charge in [0.1, 0.15) is 5.69 Å². The minimum atomic E-state index is 0.166. The molecule has 0 spiro atoms. The van der Waals surface area contributed by atoms with Crippen molar-refractivity contribution in [2.75, 3.05) is 39.4 Å². The summed E-state index contributed by atoms with van der Waals surface area (Å²) in [6.07, 6.45) is 4.67. The number of carbonyl (C=O) groups excluding carboxylic acids is 1. The van der Waals surface area contributed by atoms with Crippen LogP contribution in [0.3, 0.4) is 0 Å². The van der Waals surface area contributed by atoms with Gasteiger partial charge in [-0.1, -0.05) is 12.1 Å². The molecule has 0 bridgehead atoms. The molecule has 3 aliphatic rings. The van der Waals surface area contributed by atoms with Gasteiger partial charge in [0, 0.05) is 32.0 Å². The molecule has 1 atom stereocenters. The van der Waals surface area contributed by atoms with Crippen LogP contribution in [0.25, 0.3) is 0 Å². The van der Waals surface area contributed by atoms with Crippen LogP contribution in [0.2, 0.25) is 0 Å². The van der Waals surface area contributed by atoms with Gasteiger partial charge in [0.05, 0.1) is 25.5 Å². The summed E-state index contributed by atoms with van der Waals surface area (Å²) >= 11 is 0. The fourth-order valence-electron chi connectivity index (χ4n) is 4.70. The quantitative estimate of drug-likeness (QED) is 0.717. The van der Waals surface area contributed by atoms with Crippen LogP contribution in [0.15, 0.2) is 0 Å². The van der Waals surface area contributed by atoms with Crippen molar-refractivity contribution in [3.05, 3.63) is 11.4 Å². The second-order valence-electron chi connectivity index (χ2n) is 8.36. The van der Waals surface area contributed by atoms with E-state index in [1.165, 1.54) is 25.9 Å². The molecule has 0 unspecified atom stereocenters. The summed E-state index contributed by atoms with van der Waals surface area (Å²) in [5, 5.41) is 8.49. The molecule has 0 radical (unpaired) electrons. The number of hydrogen-bond donors (Lipinski definition) is 0. The Labute approximate surface area is 155 Å². The summed E-state index contributed by atoms with van der Waals surface area (Å²) in [6, 6.07) is 0. The van der Waals surface area contributed by atoms with Crippen LogP contribution in [0.1, 0.15) is 49.9 Å². The van der Waals surface area contributed by atoms with E-state index in [9.17, 15) is 4.79 Å². The third-order valence-electron chi connectivity index (χ3n) is 6.22. The molecule has 1 amide bonds. The van der Waals surface area contributed by atoms with Crippen molar-refractivity contribution in [2.45, 2.75) is 45.1 Å². The average molecular weight is 361 g/mol. The molecule has 26 heavy (non-hydrogen) atoms. The summed E-state index contributed by atoms with van der Waals surface area (Å²) < 4.78 is 7.87. The number of aryl methyl sites for hydroxylation is 1. The van der Waals surface area contributed by atoms with Crippen LogP contribution in [-0.2, 0) is 23.1 Å². The van der Waals surface area contributed by atoms with Crippen LogP contribution < -0.4 is 0 Å². The number of nitrogens with zero attached hydrogens (tertiary/aromatic N) is 5. The maximum absolute atomic E-state index is 12.8. The van der Waals surface area contributed by atoms with Crippen molar-refractivity contribution in [2.24, 2.45) is 18.9 Å². The minimum Gasteiger partial charge on any atom is -0.379 e. The first-order chi connectivity index (χ1) is 12.6. The zero-order valence-corrected chi connectivity index (χ0v) is 16.1. The van der Waals surface area contributed by atoms with Crippen molar-refractivity contribution >= 4 is 5.91 Å². The molecule has 1 saturated carbocycles. The van der Waals surface area contributed by atoms with E-state index in [-0.39, 0.29) is 11.8 Å². The summed E-state index contributed by atoms with van der Waals surface area (Å²) in [5.74, 6) is 1.35. The Kier molecular flexibility index (Phi) is 5.27. The van der Waals surface area contributed by atoms with Crippen molar-refractivity contribution in [1.29, 1.82) is 0 Å². The Morgan fingerprint density at radius 3 is 2.77 bits per heavy atom. The zero-order valence-electron chi connectivity index (χ0n) is 16.1. The van der Waals surface area contributed by atoms with E-state index in [0.29, 0.717) is 25.0 Å². The number of aromatic nitrogens is 3. The largest absolute Gasteiger partial charge is 0.379 e. The predicted molar refractivity (Wildman–Crippen MR) is 97.5 cm³/mol. The van der Waals surface area contributed by atoms with Gasteiger partial charge in [0.25, 0.3) is 0 Å². The first kappa shape index (κ1) is 17.9. The maximum Gasteiger partial charge on any atom is 0.226 e.